The number of amides is 2. The zero-order valence-electron chi connectivity index (χ0n) is 17.7. The maximum absolute atomic E-state index is 12.8. The van der Waals surface area contributed by atoms with Crippen molar-refractivity contribution in [3.8, 4) is 11.5 Å². The van der Waals surface area contributed by atoms with E-state index in [1.807, 2.05) is 85.8 Å². The fourth-order valence-electron chi connectivity index (χ4n) is 3.28. The Morgan fingerprint density at radius 2 is 1.53 bits per heavy atom. The third-order valence-electron chi connectivity index (χ3n) is 4.98. The predicted molar refractivity (Wildman–Crippen MR) is 127 cm³/mol. The molecule has 0 spiro atoms. The molecule has 0 aliphatic carbocycles. The van der Waals surface area contributed by atoms with Gasteiger partial charge in [0.25, 0.3) is 11.1 Å². The fourth-order valence-corrected chi connectivity index (χ4v) is 4.11. The van der Waals surface area contributed by atoms with E-state index in [9.17, 15) is 9.59 Å². The molecule has 1 aliphatic heterocycles. The molecule has 3 aromatic carbocycles. The quantitative estimate of drug-likeness (QED) is 0.329. The maximum Gasteiger partial charge on any atom is 0.293 e. The second-order valence-electron chi connectivity index (χ2n) is 7.28. The SMILES string of the molecule is Cc1ccccc1CN1C(=O)S/C(=C\c2cccc(OCCOc3ccccc3)c2)C1=O. The Bertz CT molecular complexity index is 1140. The van der Waals surface area contributed by atoms with Crippen LogP contribution in [0.2, 0.25) is 0 Å². The molecule has 1 heterocycles. The summed E-state index contributed by atoms with van der Waals surface area (Å²) in [6, 6.07) is 24.8. The van der Waals surface area contributed by atoms with Gasteiger partial charge in [0, 0.05) is 0 Å². The molecule has 1 aliphatic rings. The lowest BCUT2D eigenvalue weighted by atomic mass is 10.1. The van der Waals surface area contributed by atoms with Crippen molar-refractivity contribution in [3.05, 3.63) is 100 Å². The van der Waals surface area contributed by atoms with Crippen molar-refractivity contribution < 1.29 is 19.1 Å². The Balaban J connectivity index is 1.37. The molecule has 5 nitrogen and oxygen atoms in total. The summed E-state index contributed by atoms with van der Waals surface area (Å²) in [6.45, 7) is 3.07. The van der Waals surface area contributed by atoms with E-state index in [2.05, 4.69) is 0 Å². The molecule has 0 radical (unpaired) electrons. The molecular weight excluding hydrogens is 422 g/mol. The number of imide groups is 1. The van der Waals surface area contributed by atoms with E-state index in [1.165, 1.54) is 4.90 Å². The Morgan fingerprint density at radius 1 is 0.844 bits per heavy atom. The summed E-state index contributed by atoms with van der Waals surface area (Å²) in [5, 5.41) is -0.255. The van der Waals surface area contributed by atoms with Crippen molar-refractivity contribution in [2.45, 2.75) is 13.5 Å². The Morgan fingerprint density at radius 3 is 2.31 bits per heavy atom. The van der Waals surface area contributed by atoms with Gasteiger partial charge in [-0.1, -0.05) is 54.6 Å². The van der Waals surface area contributed by atoms with Gasteiger partial charge < -0.3 is 9.47 Å². The van der Waals surface area contributed by atoms with Crippen LogP contribution in [0, 0.1) is 6.92 Å². The first-order valence-corrected chi connectivity index (χ1v) is 11.1. The molecule has 2 amide bonds. The minimum Gasteiger partial charge on any atom is -0.490 e. The first kappa shape index (κ1) is 21.7. The maximum atomic E-state index is 12.8. The highest BCUT2D eigenvalue weighted by Gasteiger charge is 2.35. The van der Waals surface area contributed by atoms with E-state index in [1.54, 1.807) is 6.08 Å². The van der Waals surface area contributed by atoms with E-state index in [0.29, 0.717) is 23.9 Å². The summed E-state index contributed by atoms with van der Waals surface area (Å²) in [4.78, 5) is 27.0. The van der Waals surface area contributed by atoms with Crippen molar-refractivity contribution >= 4 is 29.0 Å². The van der Waals surface area contributed by atoms with Crippen LogP contribution in [0.15, 0.2) is 83.8 Å². The van der Waals surface area contributed by atoms with Crippen molar-refractivity contribution in [1.82, 2.24) is 4.90 Å². The predicted octanol–water partition coefficient (Wildman–Crippen LogP) is 5.69. The molecule has 162 valence electrons. The highest BCUT2D eigenvalue weighted by atomic mass is 32.2. The van der Waals surface area contributed by atoms with Gasteiger partial charge in [-0.15, -0.1) is 0 Å². The number of benzene rings is 3. The largest absolute Gasteiger partial charge is 0.490 e. The minimum atomic E-state index is -0.272. The van der Waals surface area contributed by atoms with Crippen LogP contribution >= 0.6 is 11.8 Å². The van der Waals surface area contributed by atoms with Gasteiger partial charge in [-0.3, -0.25) is 14.5 Å². The second kappa shape index (κ2) is 10.2. The van der Waals surface area contributed by atoms with Gasteiger partial charge in [-0.05, 0) is 65.7 Å². The molecule has 0 bridgehead atoms. The van der Waals surface area contributed by atoms with Gasteiger partial charge in [0.05, 0.1) is 11.4 Å². The number of hydrogen-bond donors (Lipinski definition) is 0. The summed E-state index contributed by atoms with van der Waals surface area (Å²) >= 11 is 0.964. The van der Waals surface area contributed by atoms with Crippen LogP contribution in [-0.2, 0) is 11.3 Å². The number of rotatable bonds is 8. The second-order valence-corrected chi connectivity index (χ2v) is 8.27. The number of hydrogen-bond acceptors (Lipinski definition) is 5. The lowest BCUT2D eigenvalue weighted by molar-refractivity contribution is -0.123. The Kier molecular flexibility index (Phi) is 6.92. The van der Waals surface area contributed by atoms with Crippen molar-refractivity contribution in [3.63, 3.8) is 0 Å². The molecule has 4 rings (SSSR count). The molecular formula is C26H23NO4S. The third kappa shape index (κ3) is 5.39. The Labute approximate surface area is 191 Å². The van der Waals surface area contributed by atoms with Crippen molar-refractivity contribution in [2.24, 2.45) is 0 Å². The molecule has 0 unspecified atom stereocenters. The summed E-state index contributed by atoms with van der Waals surface area (Å²) < 4.78 is 11.4. The van der Waals surface area contributed by atoms with Crippen LogP contribution in [0.4, 0.5) is 4.79 Å². The van der Waals surface area contributed by atoms with Crippen LogP contribution in [-0.4, -0.2) is 29.3 Å². The standard InChI is InChI=1S/C26H23NO4S/c1-19-8-5-6-10-21(19)18-27-25(28)24(32-26(27)29)17-20-9-7-13-23(16-20)31-15-14-30-22-11-3-2-4-12-22/h2-13,16-17H,14-15,18H2,1H3/b24-17-. The van der Waals surface area contributed by atoms with Gasteiger partial charge in [-0.2, -0.15) is 0 Å². The molecule has 32 heavy (non-hydrogen) atoms. The monoisotopic (exact) mass is 445 g/mol. The van der Waals surface area contributed by atoms with Gasteiger partial charge in [0.15, 0.2) is 0 Å². The highest BCUT2D eigenvalue weighted by Crippen LogP contribution is 2.34. The van der Waals surface area contributed by atoms with Gasteiger partial charge in [0.2, 0.25) is 0 Å². The number of aryl methyl sites for hydroxylation is 1. The minimum absolute atomic E-state index is 0.255. The molecule has 0 aromatic heterocycles. The van der Waals surface area contributed by atoms with Crippen LogP contribution in [0.1, 0.15) is 16.7 Å². The molecule has 6 heteroatoms. The average molecular weight is 446 g/mol. The number of para-hydroxylation sites is 1. The number of thioether (sulfide) groups is 1. The van der Waals surface area contributed by atoms with E-state index in [-0.39, 0.29) is 17.7 Å². The first-order valence-electron chi connectivity index (χ1n) is 10.3. The highest BCUT2D eigenvalue weighted by molar-refractivity contribution is 8.18. The molecule has 3 aromatic rings. The fraction of sp³-hybridized carbons (Fsp3) is 0.154. The third-order valence-corrected chi connectivity index (χ3v) is 5.89. The van der Waals surface area contributed by atoms with Gasteiger partial charge >= 0.3 is 0 Å². The van der Waals surface area contributed by atoms with E-state index < -0.39 is 0 Å². The van der Waals surface area contributed by atoms with Crippen molar-refractivity contribution in [2.75, 3.05) is 13.2 Å². The molecule has 0 saturated carbocycles. The number of carbonyl (C=O) groups is 2. The smallest absolute Gasteiger partial charge is 0.293 e. The van der Waals surface area contributed by atoms with Crippen LogP contribution < -0.4 is 9.47 Å². The van der Waals surface area contributed by atoms with Crippen LogP contribution in [0.3, 0.4) is 0 Å². The van der Waals surface area contributed by atoms with Crippen molar-refractivity contribution in [1.29, 1.82) is 0 Å². The number of nitrogens with zero attached hydrogens (tertiary/aromatic N) is 1. The van der Waals surface area contributed by atoms with Gasteiger partial charge in [0.1, 0.15) is 24.7 Å². The topological polar surface area (TPSA) is 55.8 Å². The van der Waals surface area contributed by atoms with E-state index in [4.69, 9.17) is 9.47 Å². The van der Waals surface area contributed by atoms with Crippen LogP contribution in [0.5, 0.6) is 11.5 Å². The lowest BCUT2D eigenvalue weighted by Gasteiger charge is -2.14. The first-order chi connectivity index (χ1) is 15.6. The van der Waals surface area contributed by atoms with E-state index in [0.717, 1.165) is 34.2 Å². The summed E-state index contributed by atoms with van der Waals surface area (Å²) in [5.74, 6) is 1.20. The molecule has 1 saturated heterocycles. The van der Waals surface area contributed by atoms with Crippen LogP contribution in [0.25, 0.3) is 6.08 Å². The molecule has 0 N–H and O–H groups in total. The number of ether oxygens (including phenoxy) is 2. The average Bonchev–Trinajstić information content (AvgIpc) is 3.06. The molecule has 0 atom stereocenters. The zero-order chi connectivity index (χ0) is 22.3. The summed E-state index contributed by atoms with van der Waals surface area (Å²) in [5.41, 5.74) is 2.81. The normalized spacial score (nSPS) is 14.8. The van der Waals surface area contributed by atoms with E-state index >= 15 is 0 Å². The Hall–Kier alpha value is -3.51. The zero-order valence-corrected chi connectivity index (χ0v) is 18.5. The summed E-state index contributed by atoms with van der Waals surface area (Å²) in [7, 11) is 0. The van der Waals surface area contributed by atoms with Gasteiger partial charge in [-0.25, -0.2) is 0 Å². The lowest BCUT2D eigenvalue weighted by Crippen LogP contribution is -2.27. The molecule has 1 fully saturated rings. The number of carbonyl (C=O) groups excluding carboxylic acids is 2. The summed E-state index contributed by atoms with van der Waals surface area (Å²) in [6.07, 6.45) is 1.73.